The normalized spacial score (nSPS) is 19.6. The molecule has 24 heavy (non-hydrogen) atoms. The second-order valence-corrected chi connectivity index (χ2v) is 9.40. The van der Waals surface area contributed by atoms with Crippen LogP contribution in [0.1, 0.15) is 61.9 Å². The van der Waals surface area contributed by atoms with E-state index >= 15 is 0 Å². The zero-order valence-corrected chi connectivity index (χ0v) is 15.8. The summed E-state index contributed by atoms with van der Waals surface area (Å²) >= 11 is 3.53. The number of carbonyl (C=O) groups is 1. The SMILES string of the molecule is CC1CCc2sc(C(=O)NCCc3nc4c(s3)CCCC4)cc2C1. The molecule has 2 aromatic rings. The molecule has 1 amide bonds. The van der Waals surface area contributed by atoms with Crippen molar-refractivity contribution in [2.75, 3.05) is 6.54 Å². The first-order valence-corrected chi connectivity index (χ1v) is 10.7. The van der Waals surface area contributed by atoms with E-state index in [1.807, 2.05) is 11.3 Å². The molecule has 0 saturated heterocycles. The lowest BCUT2D eigenvalue weighted by molar-refractivity contribution is 0.0958. The first-order valence-electron chi connectivity index (χ1n) is 9.06. The Morgan fingerprint density at radius 2 is 2.12 bits per heavy atom. The highest BCUT2D eigenvalue weighted by Gasteiger charge is 2.20. The molecule has 128 valence electrons. The van der Waals surface area contributed by atoms with Crippen molar-refractivity contribution in [1.82, 2.24) is 10.3 Å². The topological polar surface area (TPSA) is 42.0 Å². The van der Waals surface area contributed by atoms with Crippen molar-refractivity contribution in [1.29, 1.82) is 0 Å². The van der Waals surface area contributed by atoms with Crippen LogP contribution >= 0.6 is 22.7 Å². The fourth-order valence-corrected chi connectivity index (χ4v) is 5.98. The Labute approximate surface area is 151 Å². The van der Waals surface area contributed by atoms with Gasteiger partial charge in [0.15, 0.2) is 0 Å². The number of aryl methyl sites for hydroxylation is 3. The predicted molar refractivity (Wildman–Crippen MR) is 100 cm³/mol. The fraction of sp³-hybridized carbons (Fsp3) is 0.579. The van der Waals surface area contributed by atoms with Crippen LogP contribution in [0.3, 0.4) is 0 Å². The molecule has 1 unspecified atom stereocenters. The Hall–Kier alpha value is -1.20. The molecule has 0 bridgehead atoms. The minimum absolute atomic E-state index is 0.0865. The van der Waals surface area contributed by atoms with Gasteiger partial charge in [0, 0.05) is 22.7 Å². The standard InChI is InChI=1S/C19H24N2OS2/c1-12-6-7-15-13(10-12)11-17(23-15)19(22)20-9-8-18-21-14-4-2-3-5-16(14)24-18/h11-12H,2-10H2,1H3,(H,20,22). The molecule has 0 aliphatic heterocycles. The van der Waals surface area contributed by atoms with Gasteiger partial charge in [-0.15, -0.1) is 22.7 Å². The smallest absolute Gasteiger partial charge is 0.261 e. The maximum Gasteiger partial charge on any atom is 0.261 e. The van der Waals surface area contributed by atoms with Crippen molar-refractivity contribution in [2.24, 2.45) is 5.92 Å². The van der Waals surface area contributed by atoms with E-state index in [-0.39, 0.29) is 5.91 Å². The van der Waals surface area contributed by atoms with Crippen LogP contribution in [0, 0.1) is 5.92 Å². The van der Waals surface area contributed by atoms with Crippen molar-refractivity contribution >= 4 is 28.6 Å². The Bertz CT molecular complexity index is 723. The molecule has 1 atom stereocenters. The second kappa shape index (κ2) is 6.96. The van der Waals surface area contributed by atoms with Crippen molar-refractivity contribution in [2.45, 2.75) is 58.3 Å². The number of thiazole rings is 1. The van der Waals surface area contributed by atoms with Gasteiger partial charge in [0.1, 0.15) is 0 Å². The maximum absolute atomic E-state index is 12.4. The van der Waals surface area contributed by atoms with Crippen LogP contribution in [0.4, 0.5) is 0 Å². The predicted octanol–water partition coefficient (Wildman–Crippen LogP) is 4.18. The minimum Gasteiger partial charge on any atom is -0.351 e. The highest BCUT2D eigenvalue weighted by Crippen LogP contribution is 2.32. The Kier molecular flexibility index (Phi) is 4.72. The van der Waals surface area contributed by atoms with Crippen LogP contribution in [-0.2, 0) is 32.1 Å². The van der Waals surface area contributed by atoms with Gasteiger partial charge >= 0.3 is 0 Å². The van der Waals surface area contributed by atoms with Crippen molar-refractivity contribution < 1.29 is 4.79 Å². The minimum atomic E-state index is 0.0865. The number of hydrogen-bond acceptors (Lipinski definition) is 4. The third kappa shape index (κ3) is 3.42. The average Bonchev–Trinajstić information content (AvgIpc) is 3.17. The number of aromatic nitrogens is 1. The van der Waals surface area contributed by atoms with Crippen LogP contribution in [0.25, 0.3) is 0 Å². The molecule has 0 saturated carbocycles. The summed E-state index contributed by atoms with van der Waals surface area (Å²) in [7, 11) is 0. The molecule has 2 heterocycles. The van der Waals surface area contributed by atoms with Crippen LogP contribution < -0.4 is 5.32 Å². The van der Waals surface area contributed by atoms with Crippen molar-refractivity contribution in [3.63, 3.8) is 0 Å². The first kappa shape index (κ1) is 16.3. The summed E-state index contributed by atoms with van der Waals surface area (Å²) in [6, 6.07) is 2.12. The average molecular weight is 361 g/mol. The van der Waals surface area contributed by atoms with E-state index in [4.69, 9.17) is 4.98 Å². The van der Waals surface area contributed by atoms with E-state index in [0.717, 1.165) is 36.5 Å². The molecule has 0 fully saturated rings. The quantitative estimate of drug-likeness (QED) is 0.889. The summed E-state index contributed by atoms with van der Waals surface area (Å²) in [5, 5.41) is 4.27. The Morgan fingerprint density at radius 3 is 3.00 bits per heavy atom. The highest BCUT2D eigenvalue weighted by atomic mass is 32.1. The molecule has 3 nitrogen and oxygen atoms in total. The third-order valence-corrected chi connectivity index (χ3v) is 7.52. The van der Waals surface area contributed by atoms with Crippen LogP contribution in [0.5, 0.6) is 0 Å². The second-order valence-electron chi connectivity index (χ2n) is 7.10. The maximum atomic E-state index is 12.4. The van der Waals surface area contributed by atoms with Crippen molar-refractivity contribution in [3.8, 4) is 0 Å². The van der Waals surface area contributed by atoms with Crippen LogP contribution in [-0.4, -0.2) is 17.4 Å². The molecule has 5 heteroatoms. The number of thiophene rings is 1. The summed E-state index contributed by atoms with van der Waals surface area (Å²) < 4.78 is 0. The lowest BCUT2D eigenvalue weighted by atomic mass is 9.90. The number of nitrogens with one attached hydrogen (secondary N) is 1. The Balaban J connectivity index is 1.33. The molecule has 2 aliphatic rings. The summed E-state index contributed by atoms with van der Waals surface area (Å²) in [5.74, 6) is 0.835. The zero-order chi connectivity index (χ0) is 16.5. The molecule has 0 spiro atoms. The van der Waals surface area contributed by atoms with Gasteiger partial charge in [-0.3, -0.25) is 4.79 Å². The summed E-state index contributed by atoms with van der Waals surface area (Å²) in [6.45, 7) is 2.98. The number of fused-ring (bicyclic) bond motifs is 2. The van der Waals surface area contributed by atoms with E-state index < -0.39 is 0 Å². The number of hydrogen-bond donors (Lipinski definition) is 1. The molecule has 4 rings (SSSR count). The molecule has 2 aliphatic carbocycles. The Morgan fingerprint density at radius 1 is 1.25 bits per heavy atom. The molecular formula is C19H24N2OS2. The first-order chi connectivity index (χ1) is 11.7. The summed E-state index contributed by atoms with van der Waals surface area (Å²) in [6.07, 6.45) is 9.27. The lowest BCUT2D eigenvalue weighted by Crippen LogP contribution is -2.24. The fourth-order valence-electron chi connectivity index (χ4n) is 3.70. The number of carbonyl (C=O) groups excluding carboxylic acids is 1. The molecule has 0 aromatic carbocycles. The van der Waals surface area contributed by atoms with Gasteiger partial charge in [0.25, 0.3) is 5.91 Å². The molecule has 1 N–H and O–H groups in total. The van der Waals surface area contributed by atoms with E-state index in [0.29, 0.717) is 6.54 Å². The van der Waals surface area contributed by atoms with Crippen molar-refractivity contribution in [3.05, 3.63) is 37.0 Å². The van der Waals surface area contributed by atoms with Gasteiger partial charge < -0.3 is 5.32 Å². The highest BCUT2D eigenvalue weighted by molar-refractivity contribution is 7.14. The zero-order valence-electron chi connectivity index (χ0n) is 14.2. The number of nitrogens with zero attached hydrogens (tertiary/aromatic N) is 1. The number of amides is 1. The van der Waals surface area contributed by atoms with E-state index in [2.05, 4.69) is 18.3 Å². The van der Waals surface area contributed by atoms with E-state index in [9.17, 15) is 4.79 Å². The van der Waals surface area contributed by atoms with Gasteiger partial charge in [0.05, 0.1) is 15.6 Å². The van der Waals surface area contributed by atoms with Crippen LogP contribution in [0.2, 0.25) is 0 Å². The number of rotatable bonds is 4. The monoisotopic (exact) mass is 360 g/mol. The van der Waals surface area contributed by atoms with Crippen LogP contribution in [0.15, 0.2) is 6.07 Å². The lowest BCUT2D eigenvalue weighted by Gasteiger charge is -2.16. The van der Waals surface area contributed by atoms with Gasteiger partial charge in [-0.05, 0) is 62.5 Å². The van der Waals surface area contributed by atoms with E-state index in [1.165, 1.54) is 51.7 Å². The molecular weight excluding hydrogens is 336 g/mol. The molecule has 0 radical (unpaired) electrons. The molecule has 2 aromatic heterocycles. The van der Waals surface area contributed by atoms with Gasteiger partial charge in [-0.25, -0.2) is 4.98 Å². The summed E-state index contributed by atoms with van der Waals surface area (Å²) in [4.78, 5) is 20.9. The van der Waals surface area contributed by atoms with Gasteiger partial charge in [-0.2, -0.15) is 0 Å². The third-order valence-electron chi connectivity index (χ3n) is 5.07. The van der Waals surface area contributed by atoms with E-state index in [1.54, 1.807) is 11.3 Å². The van der Waals surface area contributed by atoms with Gasteiger partial charge in [0.2, 0.25) is 0 Å². The van der Waals surface area contributed by atoms with Gasteiger partial charge in [-0.1, -0.05) is 6.92 Å². The summed E-state index contributed by atoms with van der Waals surface area (Å²) in [5.41, 5.74) is 2.71. The largest absolute Gasteiger partial charge is 0.351 e.